The van der Waals surface area contributed by atoms with E-state index in [1.807, 2.05) is 45.8 Å². The number of ether oxygens (including phenoxy) is 1. The van der Waals surface area contributed by atoms with Crippen LogP contribution in [0.25, 0.3) is 5.65 Å². The zero-order chi connectivity index (χ0) is 20.3. The molecule has 1 aromatic carbocycles. The Hall–Kier alpha value is -2.93. The lowest BCUT2D eigenvalue weighted by molar-refractivity contribution is -0.131. The number of likely N-dealkylation sites (tertiary alicyclic amines) is 1. The maximum Gasteiger partial charge on any atom is 0.226 e. The fourth-order valence-electron chi connectivity index (χ4n) is 4.34. The maximum atomic E-state index is 12.6. The number of hydrogen-bond donors (Lipinski definition) is 0. The molecule has 7 heteroatoms. The van der Waals surface area contributed by atoms with E-state index in [4.69, 9.17) is 14.8 Å². The van der Waals surface area contributed by atoms with Gasteiger partial charge in [-0.15, -0.1) is 0 Å². The van der Waals surface area contributed by atoms with Gasteiger partial charge in [0.15, 0.2) is 11.5 Å². The average Bonchev–Trinajstić information content (AvgIpc) is 3.24. The van der Waals surface area contributed by atoms with E-state index < -0.39 is 0 Å². The van der Waals surface area contributed by atoms with Crippen molar-refractivity contribution in [1.29, 1.82) is 0 Å². The summed E-state index contributed by atoms with van der Waals surface area (Å²) in [5.41, 5.74) is 3.11. The summed E-state index contributed by atoms with van der Waals surface area (Å²) in [6.07, 6.45) is 4.36. The molecule has 2 aliphatic heterocycles. The van der Waals surface area contributed by atoms with Crippen molar-refractivity contribution in [2.45, 2.75) is 25.2 Å². The van der Waals surface area contributed by atoms with Crippen molar-refractivity contribution in [3.8, 4) is 0 Å². The number of fused-ring (bicyclic) bond motifs is 1. The molecule has 30 heavy (non-hydrogen) atoms. The molecule has 0 unspecified atom stereocenters. The molecule has 0 radical (unpaired) electrons. The molecule has 0 bridgehead atoms. The van der Waals surface area contributed by atoms with E-state index in [0.717, 1.165) is 75.0 Å². The second-order valence-corrected chi connectivity index (χ2v) is 8.08. The molecule has 2 aromatic heterocycles. The highest BCUT2D eigenvalue weighted by molar-refractivity contribution is 5.78. The van der Waals surface area contributed by atoms with Crippen LogP contribution in [0.3, 0.4) is 0 Å². The number of pyridine rings is 1. The van der Waals surface area contributed by atoms with Crippen LogP contribution in [0.4, 0.5) is 5.69 Å². The van der Waals surface area contributed by atoms with Gasteiger partial charge in [0.1, 0.15) is 0 Å². The number of piperidine rings is 1. The smallest absolute Gasteiger partial charge is 0.226 e. The van der Waals surface area contributed by atoms with E-state index in [9.17, 15) is 4.79 Å². The lowest BCUT2D eigenvalue weighted by Gasteiger charge is -2.30. The summed E-state index contributed by atoms with van der Waals surface area (Å²) in [7, 11) is 0. The molecule has 2 saturated heterocycles. The van der Waals surface area contributed by atoms with Gasteiger partial charge in [-0.1, -0.05) is 30.3 Å². The average molecular weight is 406 g/mol. The second kappa shape index (κ2) is 8.44. The highest BCUT2D eigenvalue weighted by atomic mass is 16.5. The summed E-state index contributed by atoms with van der Waals surface area (Å²) >= 11 is 0. The Bertz CT molecular complexity index is 1000. The predicted molar refractivity (Wildman–Crippen MR) is 115 cm³/mol. The number of morpholine rings is 1. The number of amides is 1. The Morgan fingerprint density at radius 2 is 1.77 bits per heavy atom. The molecule has 4 heterocycles. The number of rotatable bonds is 4. The first-order valence-corrected chi connectivity index (χ1v) is 10.8. The third-order valence-electron chi connectivity index (χ3n) is 6.12. The minimum Gasteiger partial charge on any atom is -0.378 e. The van der Waals surface area contributed by atoms with Crippen molar-refractivity contribution in [2.75, 3.05) is 44.3 Å². The third-order valence-corrected chi connectivity index (χ3v) is 6.12. The second-order valence-electron chi connectivity index (χ2n) is 8.08. The molecule has 0 atom stereocenters. The Balaban J connectivity index is 1.23. The first kappa shape index (κ1) is 19.1. The lowest BCUT2D eigenvalue weighted by atomic mass is 9.95. The fraction of sp³-hybridized carbons (Fsp3) is 0.435. The van der Waals surface area contributed by atoms with Gasteiger partial charge in [-0.2, -0.15) is 5.10 Å². The molecule has 0 spiro atoms. The van der Waals surface area contributed by atoms with Crippen LogP contribution in [0.15, 0.2) is 48.7 Å². The molecule has 2 fully saturated rings. The number of carbonyl (C=O) groups is 1. The van der Waals surface area contributed by atoms with Crippen molar-refractivity contribution < 1.29 is 9.53 Å². The van der Waals surface area contributed by atoms with Gasteiger partial charge in [-0.05, 0) is 30.5 Å². The van der Waals surface area contributed by atoms with Crippen LogP contribution in [0.1, 0.15) is 30.1 Å². The Kier molecular flexibility index (Phi) is 5.36. The zero-order valence-corrected chi connectivity index (χ0v) is 17.1. The number of nitrogens with zero attached hydrogens (tertiary/aromatic N) is 5. The topological polar surface area (TPSA) is 63.0 Å². The molecule has 0 N–H and O–H groups in total. The summed E-state index contributed by atoms with van der Waals surface area (Å²) in [6, 6.07) is 14.1. The van der Waals surface area contributed by atoms with E-state index in [1.165, 1.54) is 0 Å². The Morgan fingerprint density at radius 1 is 1.00 bits per heavy atom. The van der Waals surface area contributed by atoms with E-state index in [0.29, 0.717) is 12.3 Å². The van der Waals surface area contributed by atoms with Crippen molar-refractivity contribution in [2.24, 2.45) is 0 Å². The van der Waals surface area contributed by atoms with Gasteiger partial charge in [0.05, 0.1) is 31.5 Å². The van der Waals surface area contributed by atoms with Gasteiger partial charge in [0, 0.05) is 32.1 Å². The van der Waals surface area contributed by atoms with Crippen LogP contribution >= 0.6 is 0 Å². The van der Waals surface area contributed by atoms with Crippen molar-refractivity contribution >= 4 is 17.2 Å². The van der Waals surface area contributed by atoms with Crippen LogP contribution in [-0.2, 0) is 16.0 Å². The van der Waals surface area contributed by atoms with E-state index >= 15 is 0 Å². The quantitative estimate of drug-likeness (QED) is 0.667. The molecular formula is C23H27N5O2. The van der Waals surface area contributed by atoms with E-state index in [-0.39, 0.29) is 5.91 Å². The molecular weight excluding hydrogens is 378 g/mol. The fourth-order valence-corrected chi connectivity index (χ4v) is 4.34. The van der Waals surface area contributed by atoms with E-state index in [1.54, 1.807) is 0 Å². The highest BCUT2D eigenvalue weighted by Gasteiger charge is 2.26. The van der Waals surface area contributed by atoms with Gasteiger partial charge in [-0.3, -0.25) is 4.79 Å². The molecule has 1 amide bonds. The maximum absolute atomic E-state index is 12.6. The Morgan fingerprint density at radius 3 is 2.53 bits per heavy atom. The number of hydrogen-bond acceptors (Lipinski definition) is 5. The largest absolute Gasteiger partial charge is 0.378 e. The van der Waals surface area contributed by atoms with Crippen LogP contribution < -0.4 is 4.90 Å². The van der Waals surface area contributed by atoms with Gasteiger partial charge in [0.25, 0.3) is 0 Å². The third kappa shape index (κ3) is 4.03. The number of benzene rings is 1. The summed E-state index contributed by atoms with van der Waals surface area (Å²) in [5, 5.41) is 4.77. The molecule has 5 rings (SSSR count). The van der Waals surface area contributed by atoms with Crippen molar-refractivity contribution in [1.82, 2.24) is 19.5 Å². The van der Waals surface area contributed by atoms with Crippen LogP contribution in [0.5, 0.6) is 0 Å². The zero-order valence-electron chi connectivity index (χ0n) is 17.1. The normalized spacial score (nSPS) is 18.1. The predicted octanol–water partition coefficient (Wildman–Crippen LogP) is 2.51. The summed E-state index contributed by atoms with van der Waals surface area (Å²) in [6.45, 7) is 4.88. The van der Waals surface area contributed by atoms with Gasteiger partial charge in [-0.25, -0.2) is 9.50 Å². The lowest BCUT2D eigenvalue weighted by Crippen LogP contribution is -2.39. The van der Waals surface area contributed by atoms with E-state index in [2.05, 4.69) is 17.2 Å². The highest BCUT2D eigenvalue weighted by Crippen LogP contribution is 2.27. The van der Waals surface area contributed by atoms with Crippen molar-refractivity contribution in [3.63, 3.8) is 0 Å². The molecule has 0 saturated carbocycles. The molecule has 156 valence electrons. The summed E-state index contributed by atoms with van der Waals surface area (Å²) < 4.78 is 7.34. The molecule has 7 nitrogen and oxygen atoms in total. The molecule has 3 aromatic rings. The summed E-state index contributed by atoms with van der Waals surface area (Å²) in [4.78, 5) is 21.7. The monoisotopic (exact) mass is 405 g/mol. The SMILES string of the molecule is O=C(Cc1ccccc1)N1CCC(c2nc3ccc(N4CCOCC4)cn3n2)CC1. The van der Waals surface area contributed by atoms with Crippen LogP contribution in [0.2, 0.25) is 0 Å². The van der Waals surface area contributed by atoms with Gasteiger partial charge in [0.2, 0.25) is 5.91 Å². The minimum atomic E-state index is 0.206. The molecule has 2 aliphatic rings. The molecule has 0 aliphatic carbocycles. The first-order chi connectivity index (χ1) is 14.8. The first-order valence-electron chi connectivity index (χ1n) is 10.8. The number of carbonyl (C=O) groups excluding carboxylic acids is 1. The van der Waals surface area contributed by atoms with Gasteiger partial charge >= 0.3 is 0 Å². The standard InChI is InChI=1S/C23H27N5O2/c29-22(16-18-4-2-1-3-5-18)27-10-8-19(9-11-27)23-24-21-7-6-20(17-28(21)25-23)26-12-14-30-15-13-26/h1-7,17,19H,8-16H2. The van der Waals surface area contributed by atoms with Crippen LogP contribution in [0, 0.1) is 0 Å². The minimum absolute atomic E-state index is 0.206. The van der Waals surface area contributed by atoms with Crippen molar-refractivity contribution in [3.05, 3.63) is 60.0 Å². The van der Waals surface area contributed by atoms with Gasteiger partial charge < -0.3 is 14.5 Å². The number of anilines is 1. The summed E-state index contributed by atoms with van der Waals surface area (Å²) in [5.74, 6) is 1.40. The Labute approximate surface area is 176 Å². The van der Waals surface area contributed by atoms with Crippen LogP contribution in [-0.4, -0.2) is 64.8 Å². The number of aromatic nitrogens is 3.